The van der Waals surface area contributed by atoms with Gasteiger partial charge in [-0.15, -0.1) is 11.3 Å². The Hall–Kier alpha value is -3.05. The Morgan fingerprint density at radius 2 is 1.96 bits per heavy atom. The number of hydrogen-bond donors (Lipinski definition) is 1. The Morgan fingerprint density at radius 1 is 1.22 bits per heavy atom. The lowest BCUT2D eigenvalue weighted by Gasteiger charge is -2.13. The monoisotopic (exact) mass is 388 g/mol. The highest BCUT2D eigenvalue weighted by Gasteiger charge is 2.19. The van der Waals surface area contributed by atoms with Crippen LogP contribution in [0.4, 0.5) is 5.00 Å². The van der Waals surface area contributed by atoms with E-state index in [-0.39, 0.29) is 6.42 Å². The number of nitrogens with one attached hydrogen (secondary N) is 1. The molecule has 0 saturated heterocycles. The third-order valence-electron chi connectivity index (χ3n) is 3.77. The molecule has 0 aliphatic carbocycles. The van der Waals surface area contributed by atoms with Gasteiger partial charge in [0.2, 0.25) is 0 Å². The molecule has 0 aliphatic heterocycles. The number of carbonyl (C=O) groups is 2. The van der Waals surface area contributed by atoms with Crippen molar-refractivity contribution in [1.29, 1.82) is 5.26 Å². The van der Waals surface area contributed by atoms with Crippen molar-refractivity contribution in [3.8, 4) is 17.6 Å². The average Bonchev–Trinajstić information content (AvgIpc) is 3.12. The molecule has 2 aromatic rings. The molecule has 0 fully saturated rings. The topological polar surface area (TPSA) is 97.6 Å². The van der Waals surface area contributed by atoms with E-state index in [0.29, 0.717) is 28.5 Å². The Morgan fingerprint density at radius 3 is 2.63 bits per heavy atom. The first-order chi connectivity index (χ1) is 13.0. The van der Waals surface area contributed by atoms with Crippen molar-refractivity contribution in [1.82, 2.24) is 0 Å². The third kappa shape index (κ3) is 5.46. The van der Waals surface area contributed by atoms with Gasteiger partial charge in [0.05, 0.1) is 19.8 Å². The molecular formula is C19H20N2O5S. The summed E-state index contributed by atoms with van der Waals surface area (Å²) in [5.41, 5.74) is 1.26. The number of benzene rings is 1. The first-order valence-electron chi connectivity index (χ1n) is 8.17. The molecule has 1 aromatic carbocycles. The second-order valence-corrected chi connectivity index (χ2v) is 6.50. The van der Waals surface area contributed by atoms with Gasteiger partial charge in [0.15, 0.2) is 17.6 Å². The lowest BCUT2D eigenvalue weighted by Crippen LogP contribution is -2.30. The van der Waals surface area contributed by atoms with E-state index < -0.39 is 18.0 Å². The summed E-state index contributed by atoms with van der Waals surface area (Å²) in [5, 5.41) is 13.7. The van der Waals surface area contributed by atoms with Crippen LogP contribution in [-0.2, 0) is 20.7 Å². The van der Waals surface area contributed by atoms with Crippen LogP contribution in [0.5, 0.6) is 11.5 Å². The highest BCUT2D eigenvalue weighted by atomic mass is 32.1. The van der Waals surface area contributed by atoms with Crippen LogP contribution in [0.3, 0.4) is 0 Å². The van der Waals surface area contributed by atoms with Gasteiger partial charge in [0, 0.05) is 6.42 Å². The van der Waals surface area contributed by atoms with E-state index >= 15 is 0 Å². The zero-order valence-corrected chi connectivity index (χ0v) is 16.1. The van der Waals surface area contributed by atoms with E-state index in [1.54, 1.807) is 37.8 Å². The molecule has 0 aliphatic rings. The van der Waals surface area contributed by atoms with E-state index in [1.165, 1.54) is 18.3 Å². The molecule has 1 heterocycles. The Kier molecular flexibility index (Phi) is 7.20. The maximum atomic E-state index is 12.1. The van der Waals surface area contributed by atoms with E-state index in [9.17, 15) is 9.59 Å². The predicted molar refractivity (Wildman–Crippen MR) is 101 cm³/mol. The molecule has 0 spiro atoms. The number of rotatable bonds is 8. The molecular weight excluding hydrogens is 368 g/mol. The molecule has 142 valence electrons. The minimum Gasteiger partial charge on any atom is -0.493 e. The number of carbonyl (C=O) groups excluding carboxylic acids is 2. The van der Waals surface area contributed by atoms with Crippen LogP contribution in [0.25, 0.3) is 0 Å². The highest BCUT2D eigenvalue weighted by molar-refractivity contribution is 7.14. The lowest BCUT2D eigenvalue weighted by molar-refractivity contribution is -0.153. The van der Waals surface area contributed by atoms with Gasteiger partial charge in [-0.3, -0.25) is 9.59 Å². The van der Waals surface area contributed by atoms with Crippen LogP contribution in [0.15, 0.2) is 29.6 Å². The molecule has 0 radical (unpaired) electrons. The van der Waals surface area contributed by atoms with Crippen LogP contribution in [0.2, 0.25) is 0 Å². The highest BCUT2D eigenvalue weighted by Crippen LogP contribution is 2.28. The average molecular weight is 388 g/mol. The van der Waals surface area contributed by atoms with Crippen molar-refractivity contribution in [2.24, 2.45) is 0 Å². The van der Waals surface area contributed by atoms with Gasteiger partial charge in [0.1, 0.15) is 11.1 Å². The van der Waals surface area contributed by atoms with Crippen molar-refractivity contribution in [3.63, 3.8) is 0 Å². The van der Waals surface area contributed by atoms with Gasteiger partial charge in [0.25, 0.3) is 5.91 Å². The first kappa shape index (κ1) is 20.3. The molecule has 1 amide bonds. The summed E-state index contributed by atoms with van der Waals surface area (Å²) >= 11 is 1.24. The van der Waals surface area contributed by atoms with Crippen LogP contribution < -0.4 is 14.8 Å². The first-order valence-corrected chi connectivity index (χ1v) is 9.05. The second kappa shape index (κ2) is 9.59. The van der Waals surface area contributed by atoms with Gasteiger partial charge in [-0.25, -0.2) is 0 Å². The number of ether oxygens (including phenoxy) is 3. The number of methoxy groups -OCH3 is 2. The van der Waals surface area contributed by atoms with Gasteiger partial charge >= 0.3 is 5.97 Å². The Labute approximate surface area is 161 Å². The molecule has 0 bridgehead atoms. The zero-order valence-electron chi connectivity index (χ0n) is 15.3. The zero-order chi connectivity index (χ0) is 19.8. The maximum absolute atomic E-state index is 12.1. The van der Waals surface area contributed by atoms with Crippen LogP contribution in [0, 0.1) is 11.3 Å². The predicted octanol–water partition coefficient (Wildman–Crippen LogP) is 3.14. The minimum absolute atomic E-state index is 0.121. The van der Waals surface area contributed by atoms with Crippen molar-refractivity contribution < 1.29 is 23.8 Å². The number of nitrogens with zero attached hydrogens (tertiary/aromatic N) is 1. The number of thiophene rings is 1. The van der Waals surface area contributed by atoms with Gasteiger partial charge in [-0.2, -0.15) is 5.26 Å². The van der Waals surface area contributed by atoms with Gasteiger partial charge in [-0.1, -0.05) is 6.07 Å². The fraction of sp³-hybridized carbons (Fsp3) is 0.316. The van der Waals surface area contributed by atoms with E-state index in [2.05, 4.69) is 5.32 Å². The second-order valence-electron chi connectivity index (χ2n) is 5.59. The van der Waals surface area contributed by atoms with Crippen molar-refractivity contribution in [2.45, 2.75) is 25.9 Å². The lowest BCUT2D eigenvalue weighted by atomic mass is 10.1. The summed E-state index contributed by atoms with van der Waals surface area (Å²) in [4.78, 5) is 24.1. The Bertz CT molecular complexity index is 856. The quantitative estimate of drug-likeness (QED) is 0.698. The van der Waals surface area contributed by atoms with Gasteiger partial charge < -0.3 is 19.5 Å². The third-order valence-corrected chi connectivity index (χ3v) is 4.60. The SMILES string of the molecule is COc1ccc(CCC(=O)O[C@H](C)C(=O)Nc2sccc2C#N)cc1OC. The summed E-state index contributed by atoms with van der Waals surface area (Å²) in [6.07, 6.45) is -0.399. The molecule has 1 aromatic heterocycles. The smallest absolute Gasteiger partial charge is 0.306 e. The number of anilines is 1. The summed E-state index contributed by atoms with van der Waals surface area (Å²) in [6.45, 7) is 1.49. The molecule has 7 nitrogen and oxygen atoms in total. The largest absolute Gasteiger partial charge is 0.493 e. The molecule has 2 rings (SSSR count). The number of esters is 1. The number of aryl methyl sites for hydroxylation is 1. The summed E-state index contributed by atoms with van der Waals surface area (Å²) in [5.74, 6) is 0.229. The van der Waals surface area contributed by atoms with Crippen LogP contribution in [0.1, 0.15) is 24.5 Å². The molecule has 0 unspecified atom stereocenters. The molecule has 1 atom stereocenters. The van der Waals surface area contributed by atoms with Crippen molar-refractivity contribution in [3.05, 3.63) is 40.8 Å². The minimum atomic E-state index is -0.962. The molecule has 8 heteroatoms. The van der Waals surface area contributed by atoms with Crippen LogP contribution >= 0.6 is 11.3 Å². The standard InChI is InChI=1S/C19H20N2O5S/c1-12(18(23)21-19-14(11-20)8-9-27-19)26-17(22)7-5-13-4-6-15(24-2)16(10-13)25-3/h4,6,8-10,12H,5,7H2,1-3H3,(H,21,23)/t12-/m1/s1. The van der Waals surface area contributed by atoms with E-state index in [4.69, 9.17) is 19.5 Å². The van der Waals surface area contributed by atoms with E-state index in [0.717, 1.165) is 5.56 Å². The molecule has 1 N–H and O–H groups in total. The van der Waals surface area contributed by atoms with E-state index in [1.807, 2.05) is 12.1 Å². The van der Waals surface area contributed by atoms with Crippen LogP contribution in [-0.4, -0.2) is 32.2 Å². The normalized spacial score (nSPS) is 11.2. The number of nitriles is 1. The summed E-state index contributed by atoms with van der Waals surface area (Å²) < 4.78 is 15.6. The fourth-order valence-corrected chi connectivity index (χ4v) is 3.04. The summed E-state index contributed by atoms with van der Waals surface area (Å²) in [6, 6.07) is 9.00. The Balaban J connectivity index is 1.86. The number of amides is 1. The molecule has 27 heavy (non-hydrogen) atoms. The number of hydrogen-bond acceptors (Lipinski definition) is 7. The maximum Gasteiger partial charge on any atom is 0.306 e. The fourth-order valence-electron chi connectivity index (χ4n) is 2.30. The van der Waals surface area contributed by atoms with Gasteiger partial charge in [-0.05, 0) is 42.5 Å². The van der Waals surface area contributed by atoms with Crippen molar-refractivity contribution in [2.75, 3.05) is 19.5 Å². The van der Waals surface area contributed by atoms with Crippen molar-refractivity contribution >= 4 is 28.2 Å². The molecule has 0 saturated carbocycles. The summed E-state index contributed by atoms with van der Waals surface area (Å²) in [7, 11) is 3.10.